The van der Waals surface area contributed by atoms with Crippen LogP contribution in [0.15, 0.2) is 18.3 Å². The van der Waals surface area contributed by atoms with Crippen molar-refractivity contribution >= 4 is 28.5 Å². The van der Waals surface area contributed by atoms with Gasteiger partial charge in [0.2, 0.25) is 0 Å². The van der Waals surface area contributed by atoms with Crippen LogP contribution in [0.3, 0.4) is 0 Å². The van der Waals surface area contributed by atoms with Gasteiger partial charge < -0.3 is 15.2 Å². The fourth-order valence-electron chi connectivity index (χ4n) is 2.67. The highest BCUT2D eigenvalue weighted by Crippen LogP contribution is 2.29. The first-order chi connectivity index (χ1) is 10.2. The van der Waals surface area contributed by atoms with E-state index in [2.05, 4.69) is 15.3 Å². The lowest BCUT2D eigenvalue weighted by Crippen LogP contribution is -2.28. The normalized spacial score (nSPS) is 22.2. The van der Waals surface area contributed by atoms with E-state index in [1.165, 1.54) is 0 Å². The van der Waals surface area contributed by atoms with E-state index < -0.39 is 0 Å². The minimum absolute atomic E-state index is 0.156. The molecular weight excluding hydrogens is 290 g/mol. The first-order valence-electron chi connectivity index (χ1n) is 7.10. The summed E-state index contributed by atoms with van der Waals surface area (Å²) >= 11 is 6.12. The third kappa shape index (κ3) is 3.19. The third-order valence-electron chi connectivity index (χ3n) is 3.86. The second-order valence-corrected chi connectivity index (χ2v) is 5.79. The first kappa shape index (κ1) is 14.4. The molecule has 1 aromatic heterocycles. The number of fused-ring (bicyclic) bond motifs is 1. The van der Waals surface area contributed by atoms with E-state index in [-0.39, 0.29) is 6.10 Å². The highest BCUT2D eigenvalue weighted by Gasteiger charge is 2.19. The zero-order valence-corrected chi connectivity index (χ0v) is 12.6. The fourth-order valence-corrected chi connectivity index (χ4v) is 2.90. The van der Waals surface area contributed by atoms with Crippen LogP contribution >= 0.6 is 11.6 Å². The zero-order valence-electron chi connectivity index (χ0n) is 11.8. The minimum atomic E-state index is -0.156. The van der Waals surface area contributed by atoms with Crippen LogP contribution in [-0.4, -0.2) is 34.3 Å². The van der Waals surface area contributed by atoms with E-state index in [4.69, 9.17) is 16.3 Å². The molecular formula is C15H18ClN3O2. The molecule has 2 aromatic rings. The van der Waals surface area contributed by atoms with Crippen LogP contribution < -0.4 is 10.1 Å². The molecule has 1 aliphatic rings. The molecule has 1 aliphatic carbocycles. The number of nitrogens with zero attached hydrogens (tertiary/aromatic N) is 2. The summed E-state index contributed by atoms with van der Waals surface area (Å²) in [5, 5.41) is 13.4. The predicted molar refractivity (Wildman–Crippen MR) is 83.0 cm³/mol. The quantitative estimate of drug-likeness (QED) is 0.912. The van der Waals surface area contributed by atoms with Crippen LogP contribution in [0.1, 0.15) is 25.7 Å². The van der Waals surface area contributed by atoms with Crippen LogP contribution in [0.5, 0.6) is 5.75 Å². The maximum absolute atomic E-state index is 9.53. The zero-order chi connectivity index (χ0) is 14.8. The van der Waals surface area contributed by atoms with Crippen molar-refractivity contribution in [1.82, 2.24) is 9.97 Å². The van der Waals surface area contributed by atoms with Gasteiger partial charge in [0.25, 0.3) is 0 Å². The van der Waals surface area contributed by atoms with Gasteiger partial charge in [-0.15, -0.1) is 0 Å². The van der Waals surface area contributed by atoms with E-state index in [9.17, 15) is 5.11 Å². The molecule has 112 valence electrons. The van der Waals surface area contributed by atoms with Crippen molar-refractivity contribution in [2.24, 2.45) is 0 Å². The van der Waals surface area contributed by atoms with Gasteiger partial charge in [0.1, 0.15) is 11.6 Å². The fraction of sp³-hybridized carbons (Fsp3) is 0.467. The van der Waals surface area contributed by atoms with E-state index in [1.54, 1.807) is 25.4 Å². The molecule has 0 radical (unpaired) electrons. The number of benzene rings is 1. The van der Waals surface area contributed by atoms with Gasteiger partial charge in [0, 0.05) is 12.1 Å². The maximum Gasteiger partial charge on any atom is 0.145 e. The molecule has 0 saturated heterocycles. The van der Waals surface area contributed by atoms with Crippen LogP contribution in [0.2, 0.25) is 5.02 Å². The minimum Gasteiger partial charge on any atom is -0.495 e. The van der Waals surface area contributed by atoms with Gasteiger partial charge in [-0.1, -0.05) is 11.6 Å². The lowest BCUT2D eigenvalue weighted by molar-refractivity contribution is 0.126. The molecule has 6 heteroatoms. The number of ether oxygens (including phenoxy) is 1. The average Bonchev–Trinajstić information content (AvgIpc) is 2.49. The van der Waals surface area contributed by atoms with E-state index in [0.29, 0.717) is 16.8 Å². The van der Waals surface area contributed by atoms with Crippen LogP contribution in [0, 0.1) is 0 Å². The average molecular weight is 308 g/mol. The van der Waals surface area contributed by atoms with Crippen molar-refractivity contribution in [1.29, 1.82) is 0 Å². The molecule has 3 rings (SSSR count). The van der Waals surface area contributed by atoms with Gasteiger partial charge in [0.15, 0.2) is 0 Å². The van der Waals surface area contributed by atoms with Gasteiger partial charge >= 0.3 is 0 Å². The van der Waals surface area contributed by atoms with Crippen molar-refractivity contribution < 1.29 is 9.84 Å². The van der Waals surface area contributed by atoms with E-state index in [1.807, 2.05) is 0 Å². The number of aliphatic hydroxyl groups is 1. The number of hydrogen-bond donors (Lipinski definition) is 2. The molecule has 0 aliphatic heterocycles. The van der Waals surface area contributed by atoms with Crippen LogP contribution in [-0.2, 0) is 0 Å². The molecule has 0 amide bonds. The van der Waals surface area contributed by atoms with Gasteiger partial charge in [-0.05, 0) is 31.7 Å². The number of aliphatic hydroxyl groups excluding tert-OH is 1. The Hall–Kier alpha value is -1.59. The highest BCUT2D eigenvalue weighted by atomic mass is 35.5. The smallest absolute Gasteiger partial charge is 0.145 e. The standard InChI is InChI=1S/C15H18ClN3O2/c1-21-14-7-12-13(6-11(14)16)19-15(8-17-12)18-9-2-4-10(20)5-3-9/h6-10,20H,2-5H2,1H3,(H,18,19). The molecule has 5 nitrogen and oxygen atoms in total. The van der Waals surface area contributed by atoms with Crippen LogP contribution in [0.4, 0.5) is 5.82 Å². The van der Waals surface area contributed by atoms with Crippen molar-refractivity contribution in [2.75, 3.05) is 12.4 Å². The Kier molecular flexibility index (Phi) is 4.12. The lowest BCUT2D eigenvalue weighted by Gasteiger charge is -2.26. The monoisotopic (exact) mass is 307 g/mol. The second kappa shape index (κ2) is 6.03. The van der Waals surface area contributed by atoms with Gasteiger partial charge in [-0.25, -0.2) is 4.98 Å². The van der Waals surface area contributed by atoms with Gasteiger partial charge in [-0.2, -0.15) is 0 Å². The topological polar surface area (TPSA) is 67.3 Å². The Labute approximate surface area is 128 Å². The third-order valence-corrected chi connectivity index (χ3v) is 4.16. The summed E-state index contributed by atoms with van der Waals surface area (Å²) in [5.74, 6) is 1.34. The Morgan fingerprint density at radius 2 is 2.00 bits per heavy atom. The molecule has 21 heavy (non-hydrogen) atoms. The summed E-state index contributed by atoms with van der Waals surface area (Å²) in [4.78, 5) is 8.95. The molecule has 1 saturated carbocycles. The number of aromatic nitrogens is 2. The molecule has 1 fully saturated rings. The van der Waals surface area contributed by atoms with Gasteiger partial charge in [-0.3, -0.25) is 4.98 Å². The van der Waals surface area contributed by atoms with Gasteiger partial charge in [0.05, 0.1) is 35.5 Å². The number of rotatable bonds is 3. The molecule has 1 heterocycles. The summed E-state index contributed by atoms with van der Waals surface area (Å²) in [6.45, 7) is 0. The predicted octanol–water partition coefficient (Wildman–Crippen LogP) is 3.01. The van der Waals surface area contributed by atoms with E-state index in [0.717, 1.165) is 42.5 Å². The van der Waals surface area contributed by atoms with E-state index >= 15 is 0 Å². The maximum atomic E-state index is 9.53. The second-order valence-electron chi connectivity index (χ2n) is 5.38. The van der Waals surface area contributed by atoms with Crippen molar-refractivity contribution in [3.8, 4) is 5.75 Å². The molecule has 0 atom stereocenters. The summed E-state index contributed by atoms with van der Waals surface area (Å²) < 4.78 is 5.18. The van der Waals surface area contributed by atoms with Crippen molar-refractivity contribution in [3.05, 3.63) is 23.4 Å². The molecule has 0 bridgehead atoms. The highest BCUT2D eigenvalue weighted by molar-refractivity contribution is 6.32. The SMILES string of the molecule is COc1cc2ncc(NC3CCC(O)CC3)nc2cc1Cl. The lowest BCUT2D eigenvalue weighted by atomic mass is 9.93. The number of hydrogen-bond acceptors (Lipinski definition) is 5. The molecule has 0 unspecified atom stereocenters. The number of nitrogens with one attached hydrogen (secondary N) is 1. The summed E-state index contributed by atoms with van der Waals surface area (Å²) in [7, 11) is 1.58. The summed E-state index contributed by atoms with van der Waals surface area (Å²) in [6.07, 6.45) is 5.13. The molecule has 2 N–H and O–H groups in total. The number of methoxy groups -OCH3 is 1. The van der Waals surface area contributed by atoms with Crippen LogP contribution in [0.25, 0.3) is 11.0 Å². The number of halogens is 1. The van der Waals surface area contributed by atoms with Crippen molar-refractivity contribution in [2.45, 2.75) is 37.8 Å². The number of anilines is 1. The Morgan fingerprint density at radius 3 is 2.71 bits per heavy atom. The Balaban J connectivity index is 1.80. The Bertz CT molecular complexity index is 642. The molecule has 0 spiro atoms. The largest absolute Gasteiger partial charge is 0.495 e. The summed E-state index contributed by atoms with van der Waals surface area (Å²) in [5.41, 5.74) is 1.49. The first-order valence-corrected chi connectivity index (χ1v) is 7.48. The summed E-state index contributed by atoms with van der Waals surface area (Å²) in [6, 6.07) is 3.89. The Morgan fingerprint density at radius 1 is 1.24 bits per heavy atom. The van der Waals surface area contributed by atoms with Crippen molar-refractivity contribution in [3.63, 3.8) is 0 Å². The molecule has 1 aromatic carbocycles.